The number of hydrogen-bond acceptors (Lipinski definition) is 4. The monoisotopic (exact) mass is 342 g/mol. The van der Waals surface area contributed by atoms with Gasteiger partial charge in [-0.1, -0.05) is 60.8 Å². The van der Waals surface area contributed by atoms with Gasteiger partial charge in [0.25, 0.3) is 0 Å². The van der Waals surface area contributed by atoms with E-state index in [1.165, 1.54) is 0 Å². The average molecular weight is 343 g/mol. The van der Waals surface area contributed by atoms with Gasteiger partial charge in [0.1, 0.15) is 0 Å². The summed E-state index contributed by atoms with van der Waals surface area (Å²) in [4.78, 5) is 24.5. The van der Waals surface area contributed by atoms with Crippen LogP contribution in [0.3, 0.4) is 0 Å². The normalized spacial score (nSPS) is 11.8. The van der Waals surface area contributed by atoms with E-state index in [1.54, 1.807) is 0 Å². The molecule has 0 radical (unpaired) electrons. The van der Waals surface area contributed by atoms with Gasteiger partial charge in [0.2, 0.25) is 0 Å². The van der Waals surface area contributed by atoms with Gasteiger partial charge in [-0.3, -0.25) is 9.59 Å². The van der Waals surface area contributed by atoms with Gasteiger partial charge in [0.15, 0.2) is 0 Å². The summed E-state index contributed by atoms with van der Waals surface area (Å²) in [5, 5.41) is 0. The summed E-state index contributed by atoms with van der Waals surface area (Å²) in [6.45, 7) is 13.2. The fourth-order valence-corrected chi connectivity index (χ4v) is 2.86. The van der Waals surface area contributed by atoms with E-state index in [-0.39, 0.29) is 17.4 Å². The van der Waals surface area contributed by atoms with Gasteiger partial charge >= 0.3 is 11.9 Å². The van der Waals surface area contributed by atoms with Crippen molar-refractivity contribution in [1.82, 2.24) is 0 Å². The van der Waals surface area contributed by atoms with Crippen LogP contribution in [0.15, 0.2) is 0 Å². The molecular weight excluding hydrogens is 304 g/mol. The topological polar surface area (TPSA) is 52.6 Å². The Kier molecular flexibility index (Phi) is 11.8. The van der Waals surface area contributed by atoms with Crippen molar-refractivity contribution in [3.05, 3.63) is 0 Å². The third-order valence-corrected chi connectivity index (χ3v) is 4.03. The van der Waals surface area contributed by atoms with E-state index in [9.17, 15) is 9.59 Å². The molecule has 0 saturated carbocycles. The molecular formula is C20H38O4. The molecule has 4 nitrogen and oxygen atoms in total. The molecule has 0 N–H and O–H groups in total. The quantitative estimate of drug-likeness (QED) is 0.435. The first-order chi connectivity index (χ1) is 11.2. The van der Waals surface area contributed by atoms with Gasteiger partial charge in [0, 0.05) is 0 Å². The summed E-state index contributed by atoms with van der Waals surface area (Å²) < 4.78 is 10.7. The van der Waals surface area contributed by atoms with Crippen LogP contribution in [0.25, 0.3) is 0 Å². The highest BCUT2D eigenvalue weighted by Crippen LogP contribution is 2.39. The molecule has 0 aromatic heterocycles. The summed E-state index contributed by atoms with van der Waals surface area (Å²) in [5.41, 5.74) is -0.327. The van der Waals surface area contributed by atoms with Crippen molar-refractivity contribution in [2.24, 2.45) is 17.3 Å². The van der Waals surface area contributed by atoms with Crippen molar-refractivity contribution in [3.63, 3.8) is 0 Å². The van der Waals surface area contributed by atoms with Crippen LogP contribution in [0.2, 0.25) is 0 Å². The maximum absolute atomic E-state index is 12.3. The van der Waals surface area contributed by atoms with E-state index in [1.807, 2.05) is 27.7 Å². The molecule has 0 unspecified atom stereocenters. The molecule has 0 heterocycles. The minimum atomic E-state index is -0.327. The van der Waals surface area contributed by atoms with E-state index in [0.717, 1.165) is 32.1 Å². The summed E-state index contributed by atoms with van der Waals surface area (Å²) in [6.07, 6.45) is 5.33. The molecule has 0 aromatic rings. The summed E-state index contributed by atoms with van der Waals surface area (Å²) >= 11 is 0. The van der Waals surface area contributed by atoms with Crippen LogP contribution in [-0.2, 0) is 19.1 Å². The zero-order valence-electron chi connectivity index (χ0n) is 16.7. The van der Waals surface area contributed by atoms with Crippen LogP contribution in [0.5, 0.6) is 0 Å². The molecule has 0 rings (SSSR count). The Labute approximate surface area is 148 Å². The molecule has 0 bridgehead atoms. The lowest BCUT2D eigenvalue weighted by molar-refractivity contribution is -0.152. The predicted molar refractivity (Wildman–Crippen MR) is 97.7 cm³/mol. The maximum Gasteiger partial charge on any atom is 0.306 e. The Morgan fingerprint density at radius 2 is 1.25 bits per heavy atom. The molecule has 4 heteroatoms. The number of ether oxygens (including phenoxy) is 2. The molecule has 142 valence electrons. The first kappa shape index (κ1) is 22.9. The third-order valence-electron chi connectivity index (χ3n) is 4.03. The lowest BCUT2D eigenvalue weighted by atomic mass is 9.73. The molecule has 0 aliphatic heterocycles. The van der Waals surface area contributed by atoms with Gasteiger partial charge in [-0.05, 0) is 30.1 Å². The van der Waals surface area contributed by atoms with Crippen molar-refractivity contribution < 1.29 is 19.1 Å². The van der Waals surface area contributed by atoms with E-state index >= 15 is 0 Å². The van der Waals surface area contributed by atoms with Crippen molar-refractivity contribution in [2.45, 2.75) is 86.5 Å². The smallest absolute Gasteiger partial charge is 0.306 e. The number of esters is 2. The van der Waals surface area contributed by atoms with Crippen LogP contribution >= 0.6 is 0 Å². The number of carbonyl (C=O) groups is 2. The predicted octanol–water partition coefficient (Wildman–Crippen LogP) is 5.14. The van der Waals surface area contributed by atoms with Gasteiger partial charge in [0.05, 0.1) is 26.1 Å². The van der Waals surface area contributed by atoms with Gasteiger partial charge in [-0.15, -0.1) is 0 Å². The Bertz CT molecular complexity index is 335. The third kappa shape index (κ3) is 10.7. The highest BCUT2D eigenvalue weighted by molar-refractivity contribution is 5.74. The zero-order valence-corrected chi connectivity index (χ0v) is 16.7. The number of rotatable bonds is 13. The molecule has 0 spiro atoms. The molecule has 0 aliphatic carbocycles. The second-order valence-electron chi connectivity index (χ2n) is 7.86. The first-order valence-electron chi connectivity index (χ1n) is 9.56. The second-order valence-corrected chi connectivity index (χ2v) is 7.86. The SMILES string of the molecule is CCCCC(CCC)(CC(=O)OCC(C)C)CC(=O)OCC(C)C. The summed E-state index contributed by atoms with van der Waals surface area (Å²) in [5.74, 6) is 0.261. The van der Waals surface area contributed by atoms with Crippen LogP contribution in [0, 0.1) is 17.3 Å². The Balaban J connectivity index is 4.95. The average Bonchev–Trinajstić information content (AvgIpc) is 2.49. The molecule has 0 aromatic carbocycles. The van der Waals surface area contributed by atoms with Crippen molar-refractivity contribution >= 4 is 11.9 Å². The van der Waals surface area contributed by atoms with Gasteiger partial charge in [-0.25, -0.2) is 0 Å². The minimum Gasteiger partial charge on any atom is -0.465 e. The van der Waals surface area contributed by atoms with E-state index in [0.29, 0.717) is 37.9 Å². The summed E-state index contributed by atoms with van der Waals surface area (Å²) in [7, 11) is 0. The Morgan fingerprint density at radius 3 is 1.58 bits per heavy atom. The van der Waals surface area contributed by atoms with Crippen molar-refractivity contribution in [3.8, 4) is 0 Å². The van der Waals surface area contributed by atoms with Crippen molar-refractivity contribution in [1.29, 1.82) is 0 Å². The Hall–Kier alpha value is -1.06. The Morgan fingerprint density at radius 1 is 0.792 bits per heavy atom. The fraction of sp³-hybridized carbons (Fsp3) is 0.900. The van der Waals surface area contributed by atoms with Crippen LogP contribution < -0.4 is 0 Å². The number of hydrogen-bond donors (Lipinski definition) is 0. The summed E-state index contributed by atoms with van der Waals surface area (Å²) in [6, 6.07) is 0. The van der Waals surface area contributed by atoms with E-state index < -0.39 is 0 Å². The molecule has 0 aliphatic rings. The molecule has 0 saturated heterocycles. The van der Waals surface area contributed by atoms with Crippen LogP contribution in [0.4, 0.5) is 0 Å². The van der Waals surface area contributed by atoms with Gasteiger partial charge in [-0.2, -0.15) is 0 Å². The largest absolute Gasteiger partial charge is 0.465 e. The van der Waals surface area contributed by atoms with Crippen LogP contribution in [-0.4, -0.2) is 25.2 Å². The number of unbranched alkanes of at least 4 members (excludes halogenated alkanes) is 1. The van der Waals surface area contributed by atoms with E-state index in [4.69, 9.17) is 9.47 Å². The maximum atomic E-state index is 12.3. The molecule has 0 fully saturated rings. The molecule has 0 amide bonds. The zero-order chi connectivity index (χ0) is 18.6. The lowest BCUT2D eigenvalue weighted by Gasteiger charge is -2.32. The fourth-order valence-electron chi connectivity index (χ4n) is 2.86. The van der Waals surface area contributed by atoms with Gasteiger partial charge < -0.3 is 9.47 Å². The minimum absolute atomic E-state index is 0.190. The van der Waals surface area contributed by atoms with Crippen LogP contribution in [0.1, 0.15) is 86.5 Å². The second kappa shape index (κ2) is 12.3. The molecule has 24 heavy (non-hydrogen) atoms. The standard InChI is InChI=1S/C20H38O4/c1-7-9-11-20(10-8-2,12-18(21)23-14-16(3)4)13-19(22)24-15-17(5)6/h16-17H,7-15H2,1-6H3. The highest BCUT2D eigenvalue weighted by Gasteiger charge is 2.35. The lowest BCUT2D eigenvalue weighted by Crippen LogP contribution is -2.30. The molecule has 0 atom stereocenters. The first-order valence-corrected chi connectivity index (χ1v) is 9.56. The number of carbonyl (C=O) groups excluding carboxylic acids is 2. The van der Waals surface area contributed by atoms with Crippen molar-refractivity contribution in [2.75, 3.05) is 13.2 Å². The highest BCUT2D eigenvalue weighted by atomic mass is 16.5. The van der Waals surface area contributed by atoms with E-state index in [2.05, 4.69) is 13.8 Å².